The van der Waals surface area contributed by atoms with Gasteiger partial charge in [0.2, 0.25) is 11.8 Å². The molecule has 2 N–H and O–H groups in total. The number of aryl methyl sites for hydroxylation is 1. The molecule has 9 heteroatoms. The van der Waals surface area contributed by atoms with Gasteiger partial charge in [-0.25, -0.2) is 0 Å². The molecule has 0 saturated heterocycles. The molecule has 3 amide bonds. The van der Waals surface area contributed by atoms with Gasteiger partial charge in [-0.1, -0.05) is 47.5 Å². The third kappa shape index (κ3) is 6.21. The second-order valence-electron chi connectivity index (χ2n) is 8.01. The average molecular weight is 522 g/mol. The Morgan fingerprint density at radius 2 is 1.72 bits per heavy atom. The Hall–Kier alpha value is -3.88. The van der Waals surface area contributed by atoms with Crippen LogP contribution in [0.5, 0.6) is 0 Å². The summed E-state index contributed by atoms with van der Waals surface area (Å²) in [4.78, 5) is 41.5. The van der Waals surface area contributed by atoms with Crippen LogP contribution in [-0.2, 0) is 16.1 Å². The van der Waals surface area contributed by atoms with Crippen molar-refractivity contribution in [2.45, 2.75) is 19.5 Å². The highest BCUT2D eigenvalue weighted by Crippen LogP contribution is 2.29. The van der Waals surface area contributed by atoms with E-state index in [0.717, 1.165) is 5.56 Å². The van der Waals surface area contributed by atoms with E-state index >= 15 is 0 Å². The minimum atomic E-state index is -1.01. The van der Waals surface area contributed by atoms with Gasteiger partial charge in [-0.05, 0) is 60.3 Å². The molecule has 7 nitrogen and oxygen atoms in total. The number of rotatable bonds is 9. The molecular formula is C27H24ClN3O4S. The Kier molecular flexibility index (Phi) is 8.20. The third-order valence-corrected chi connectivity index (χ3v) is 6.56. The summed E-state index contributed by atoms with van der Waals surface area (Å²) in [5, 5.41) is 7.80. The van der Waals surface area contributed by atoms with Crippen LogP contribution in [0.15, 0.2) is 88.9 Å². The lowest BCUT2D eigenvalue weighted by atomic mass is 10.0. The Balaban J connectivity index is 1.67. The van der Waals surface area contributed by atoms with Gasteiger partial charge in [0, 0.05) is 10.7 Å². The topological polar surface area (TPSA) is 91.7 Å². The summed E-state index contributed by atoms with van der Waals surface area (Å²) in [6, 6.07) is 19.9. The zero-order valence-electron chi connectivity index (χ0n) is 19.4. The van der Waals surface area contributed by atoms with Gasteiger partial charge >= 0.3 is 0 Å². The van der Waals surface area contributed by atoms with Crippen molar-refractivity contribution >= 4 is 46.3 Å². The van der Waals surface area contributed by atoms with Crippen LogP contribution in [0, 0.1) is 6.92 Å². The van der Waals surface area contributed by atoms with E-state index in [1.165, 1.54) is 22.5 Å². The molecule has 36 heavy (non-hydrogen) atoms. The molecule has 2 heterocycles. The van der Waals surface area contributed by atoms with Gasteiger partial charge in [-0.2, -0.15) is 0 Å². The summed E-state index contributed by atoms with van der Waals surface area (Å²) in [6.07, 6.45) is 1.53. The highest BCUT2D eigenvalue weighted by atomic mass is 35.5. The molecular weight excluding hydrogens is 498 g/mol. The fraction of sp³-hybridized carbons (Fsp3) is 0.148. The van der Waals surface area contributed by atoms with E-state index in [1.54, 1.807) is 53.9 Å². The van der Waals surface area contributed by atoms with Crippen molar-refractivity contribution in [2.75, 3.05) is 11.4 Å². The molecule has 184 valence electrons. The largest absolute Gasteiger partial charge is 0.467 e. The van der Waals surface area contributed by atoms with Crippen molar-refractivity contribution in [1.29, 1.82) is 0 Å². The first-order valence-corrected chi connectivity index (χ1v) is 12.4. The molecule has 4 rings (SSSR count). The van der Waals surface area contributed by atoms with Crippen LogP contribution in [0.3, 0.4) is 0 Å². The average Bonchev–Trinajstić information content (AvgIpc) is 3.60. The SMILES string of the molecule is Cc1ccc(C(C(=O)NCc2ccco2)N(C(=O)CNC(=O)c2cccs2)c2ccc(Cl)cc2)cc1. The Morgan fingerprint density at radius 1 is 0.972 bits per heavy atom. The molecule has 0 aliphatic heterocycles. The molecule has 2 aromatic carbocycles. The molecule has 0 saturated carbocycles. The Morgan fingerprint density at radius 3 is 2.36 bits per heavy atom. The van der Waals surface area contributed by atoms with Crippen LogP contribution >= 0.6 is 22.9 Å². The highest BCUT2D eigenvalue weighted by Gasteiger charge is 2.33. The van der Waals surface area contributed by atoms with E-state index in [4.69, 9.17) is 16.0 Å². The standard InChI is InChI=1S/C27H24ClN3O4S/c1-18-6-8-19(9-7-18)25(27(34)29-16-22-4-2-14-35-22)31(21-12-10-20(28)11-13-21)24(32)17-30-26(33)23-5-3-15-36-23/h2-15,25H,16-17H2,1H3,(H,29,34)(H,30,33). The number of hydrogen-bond acceptors (Lipinski definition) is 5. The fourth-order valence-electron chi connectivity index (χ4n) is 3.63. The first kappa shape index (κ1) is 25.2. The molecule has 0 aliphatic carbocycles. The molecule has 0 spiro atoms. The predicted octanol–water partition coefficient (Wildman–Crippen LogP) is 5.12. The monoisotopic (exact) mass is 521 g/mol. The number of nitrogens with one attached hydrogen (secondary N) is 2. The van der Waals surface area contributed by atoms with Crippen LogP contribution in [0.4, 0.5) is 5.69 Å². The number of halogens is 1. The van der Waals surface area contributed by atoms with E-state index < -0.39 is 17.9 Å². The van der Waals surface area contributed by atoms with Gasteiger partial charge in [0.25, 0.3) is 5.91 Å². The number of amides is 3. The summed E-state index contributed by atoms with van der Waals surface area (Å²) in [6.45, 7) is 1.80. The highest BCUT2D eigenvalue weighted by molar-refractivity contribution is 7.12. The van der Waals surface area contributed by atoms with Gasteiger partial charge in [0.05, 0.1) is 24.2 Å². The molecule has 2 aromatic heterocycles. The van der Waals surface area contributed by atoms with E-state index in [0.29, 0.717) is 26.9 Å². The van der Waals surface area contributed by atoms with Crippen LogP contribution in [0.25, 0.3) is 0 Å². The van der Waals surface area contributed by atoms with Crippen LogP contribution in [-0.4, -0.2) is 24.3 Å². The zero-order valence-corrected chi connectivity index (χ0v) is 21.0. The molecule has 0 aliphatic rings. The van der Waals surface area contributed by atoms with Crippen LogP contribution in [0.1, 0.15) is 32.6 Å². The lowest BCUT2D eigenvalue weighted by Gasteiger charge is -2.31. The number of nitrogens with zero attached hydrogens (tertiary/aromatic N) is 1. The van der Waals surface area contributed by atoms with E-state index in [9.17, 15) is 14.4 Å². The van der Waals surface area contributed by atoms with Crippen LogP contribution < -0.4 is 15.5 Å². The van der Waals surface area contributed by atoms with Crippen molar-refractivity contribution in [3.63, 3.8) is 0 Å². The van der Waals surface area contributed by atoms with Crippen molar-refractivity contribution in [3.05, 3.63) is 111 Å². The maximum absolute atomic E-state index is 13.6. The first-order valence-electron chi connectivity index (χ1n) is 11.2. The van der Waals surface area contributed by atoms with Crippen molar-refractivity contribution in [1.82, 2.24) is 10.6 Å². The van der Waals surface area contributed by atoms with Crippen LogP contribution in [0.2, 0.25) is 5.02 Å². The van der Waals surface area contributed by atoms with Gasteiger partial charge in [-0.3, -0.25) is 19.3 Å². The minimum Gasteiger partial charge on any atom is -0.467 e. The lowest BCUT2D eigenvalue weighted by molar-refractivity contribution is -0.126. The molecule has 4 aromatic rings. The van der Waals surface area contributed by atoms with E-state index in [-0.39, 0.29) is 19.0 Å². The number of anilines is 1. The Bertz CT molecular complexity index is 1300. The first-order chi connectivity index (χ1) is 17.4. The van der Waals surface area contributed by atoms with Gasteiger partial charge in [-0.15, -0.1) is 11.3 Å². The Labute approximate surface area is 217 Å². The zero-order chi connectivity index (χ0) is 25.5. The van der Waals surface area contributed by atoms with Crippen molar-refractivity contribution in [3.8, 4) is 0 Å². The number of carbonyl (C=O) groups is 3. The maximum Gasteiger partial charge on any atom is 0.261 e. The van der Waals surface area contributed by atoms with Gasteiger partial charge < -0.3 is 15.1 Å². The quantitative estimate of drug-likeness (QED) is 0.319. The molecule has 0 bridgehead atoms. The number of thiophene rings is 1. The summed E-state index contributed by atoms with van der Waals surface area (Å²) >= 11 is 7.37. The second kappa shape index (κ2) is 11.7. The van der Waals surface area contributed by atoms with E-state index in [1.807, 2.05) is 31.2 Å². The normalized spacial score (nSPS) is 11.5. The molecule has 1 atom stereocenters. The summed E-state index contributed by atoms with van der Waals surface area (Å²) in [5.41, 5.74) is 2.10. The van der Waals surface area contributed by atoms with Crippen molar-refractivity contribution in [2.24, 2.45) is 0 Å². The maximum atomic E-state index is 13.6. The number of benzene rings is 2. The number of hydrogen-bond donors (Lipinski definition) is 2. The van der Waals surface area contributed by atoms with Gasteiger partial charge in [0.1, 0.15) is 11.8 Å². The smallest absolute Gasteiger partial charge is 0.261 e. The minimum absolute atomic E-state index is 0.159. The van der Waals surface area contributed by atoms with Gasteiger partial charge in [0.15, 0.2) is 0 Å². The van der Waals surface area contributed by atoms with Crippen molar-refractivity contribution < 1.29 is 18.8 Å². The molecule has 0 radical (unpaired) electrons. The third-order valence-electron chi connectivity index (χ3n) is 5.44. The van der Waals surface area contributed by atoms with E-state index in [2.05, 4.69) is 10.6 Å². The summed E-state index contributed by atoms with van der Waals surface area (Å²) < 4.78 is 5.33. The second-order valence-corrected chi connectivity index (χ2v) is 9.39. The summed E-state index contributed by atoms with van der Waals surface area (Å²) in [7, 11) is 0. The number of carbonyl (C=O) groups excluding carboxylic acids is 3. The number of furan rings is 1. The predicted molar refractivity (Wildman–Crippen MR) is 140 cm³/mol. The summed E-state index contributed by atoms with van der Waals surface area (Å²) in [5.74, 6) is -0.633. The lowest BCUT2D eigenvalue weighted by Crippen LogP contribution is -2.47. The fourth-order valence-corrected chi connectivity index (χ4v) is 4.39. The molecule has 1 unspecified atom stereocenters. The molecule has 0 fully saturated rings.